The van der Waals surface area contributed by atoms with Crippen molar-refractivity contribution in [1.29, 1.82) is 0 Å². The Bertz CT molecular complexity index is 3870. The lowest BCUT2D eigenvalue weighted by molar-refractivity contribution is -0.386. The highest BCUT2D eigenvalue weighted by molar-refractivity contribution is 7.99. The van der Waals surface area contributed by atoms with Crippen molar-refractivity contribution in [3.8, 4) is 0 Å². The highest BCUT2D eigenvalue weighted by atomic mass is 32.2. The molecule has 0 bridgehead atoms. The third-order valence-electron chi connectivity index (χ3n) is 18.1. The van der Waals surface area contributed by atoms with Crippen molar-refractivity contribution in [2.24, 2.45) is 0 Å². The van der Waals surface area contributed by atoms with Crippen molar-refractivity contribution in [1.82, 2.24) is 5.32 Å². The van der Waals surface area contributed by atoms with Gasteiger partial charge in [-0.1, -0.05) is 273 Å². The van der Waals surface area contributed by atoms with Crippen LogP contribution in [0.4, 0.5) is 0 Å². The van der Waals surface area contributed by atoms with E-state index >= 15 is 0 Å². The fraction of sp³-hybridized carbons (Fsp3) is 0.341. The Morgan fingerprint density at radius 3 is 1.07 bits per heavy atom. The van der Waals surface area contributed by atoms with Crippen LogP contribution in [0.1, 0.15) is 64.3 Å². The quantitative estimate of drug-likeness (QED) is 0.0367. The molecule has 3 heterocycles. The lowest BCUT2D eigenvalue weighted by Gasteiger charge is -2.51. The van der Waals surface area contributed by atoms with E-state index in [0.717, 1.165) is 49.4 Å². The van der Waals surface area contributed by atoms with Crippen LogP contribution in [0.2, 0.25) is 0 Å². The summed E-state index contributed by atoms with van der Waals surface area (Å²) in [5.74, 6) is -0.931. The lowest BCUT2D eigenvalue weighted by atomic mass is 9.95. The molecule has 0 aromatic heterocycles. The average molecular weight is 1410 g/mol. The van der Waals surface area contributed by atoms with Crippen LogP contribution in [0, 0.1) is 0 Å². The molecule has 18 heteroatoms. The van der Waals surface area contributed by atoms with Gasteiger partial charge in [0.2, 0.25) is 5.91 Å². The zero-order chi connectivity index (χ0) is 70.6. The predicted octanol–water partition coefficient (Wildman–Crippen LogP) is 14.1. The highest BCUT2D eigenvalue weighted by Gasteiger charge is 2.57. The van der Waals surface area contributed by atoms with Crippen LogP contribution in [-0.4, -0.2) is 123 Å². The number of nitrogens with one attached hydrogen (secondary N) is 1. The van der Waals surface area contributed by atoms with Crippen LogP contribution in [0.5, 0.6) is 0 Å². The van der Waals surface area contributed by atoms with Crippen LogP contribution in [-0.2, 0) is 129 Å². The van der Waals surface area contributed by atoms with Gasteiger partial charge in [-0.3, -0.25) is 9.59 Å². The molecule has 3 aliphatic rings. The monoisotopic (exact) mass is 1410 g/mol. The molecular weight excluding hydrogens is 1320 g/mol. The number of thioether (sulfide) groups is 1. The molecule has 0 saturated carbocycles. The molecule has 3 fully saturated rings. The maximum atomic E-state index is 14.1. The van der Waals surface area contributed by atoms with E-state index in [9.17, 15) is 9.59 Å². The molecule has 9 aromatic rings. The normalized spacial score (nSPS) is 24.8. The zero-order valence-corrected chi connectivity index (χ0v) is 58.9. The molecule has 3 aliphatic heterocycles. The van der Waals surface area contributed by atoms with Crippen molar-refractivity contribution >= 4 is 23.6 Å². The van der Waals surface area contributed by atoms with Gasteiger partial charge in [-0.15, -0.1) is 0 Å². The number of hydrogen-bond donors (Lipinski definition) is 1. The summed E-state index contributed by atoms with van der Waals surface area (Å²) >= 11 is 1.54. The predicted molar refractivity (Wildman–Crippen MR) is 389 cm³/mol. The first kappa shape index (κ1) is 74.5. The first-order valence-electron chi connectivity index (χ1n) is 35.3. The number of esters is 1. The van der Waals surface area contributed by atoms with Gasteiger partial charge in [0.25, 0.3) is 0 Å². The third-order valence-corrected chi connectivity index (χ3v) is 19.2. The number of rotatable bonds is 36. The van der Waals surface area contributed by atoms with E-state index in [1.807, 2.05) is 261 Å². The van der Waals surface area contributed by atoms with E-state index in [1.54, 1.807) is 6.92 Å². The molecule has 1 N–H and O–H groups in total. The van der Waals surface area contributed by atoms with Gasteiger partial charge in [0.05, 0.1) is 78.6 Å². The van der Waals surface area contributed by atoms with Gasteiger partial charge in [0.15, 0.2) is 18.7 Å². The molecule has 538 valence electrons. The molecule has 17 nitrogen and oxygen atoms in total. The Morgan fingerprint density at radius 2 is 0.660 bits per heavy atom. The maximum Gasteiger partial charge on any atom is 0.306 e. The summed E-state index contributed by atoms with van der Waals surface area (Å²) in [7, 11) is 1.52. The van der Waals surface area contributed by atoms with Crippen LogP contribution >= 0.6 is 11.8 Å². The Balaban J connectivity index is 0.996. The zero-order valence-electron chi connectivity index (χ0n) is 58.1. The molecule has 3 saturated heterocycles. The second-order valence-corrected chi connectivity index (χ2v) is 26.8. The Morgan fingerprint density at radius 1 is 0.340 bits per heavy atom. The fourth-order valence-electron chi connectivity index (χ4n) is 12.7. The number of hydrogen-bond acceptors (Lipinski definition) is 17. The minimum atomic E-state index is -1.35. The summed E-state index contributed by atoms with van der Waals surface area (Å²) in [5.41, 5.74) is 6.56. The van der Waals surface area contributed by atoms with E-state index in [1.165, 1.54) is 18.8 Å². The van der Waals surface area contributed by atoms with E-state index in [0.29, 0.717) is 0 Å². The maximum absolute atomic E-state index is 14.1. The first-order chi connectivity index (χ1) is 50.8. The third kappa shape index (κ3) is 22.2. The van der Waals surface area contributed by atoms with E-state index in [2.05, 4.69) is 17.4 Å². The summed E-state index contributed by atoms with van der Waals surface area (Å²) in [6, 6.07) is 89.3. The van der Waals surface area contributed by atoms with Gasteiger partial charge in [0, 0.05) is 18.4 Å². The summed E-state index contributed by atoms with van der Waals surface area (Å²) < 4.78 is 101. The number of carbonyl (C=O) groups excluding carboxylic acids is 2. The van der Waals surface area contributed by atoms with Gasteiger partial charge in [0.1, 0.15) is 66.5 Å². The van der Waals surface area contributed by atoms with E-state index < -0.39 is 97.2 Å². The van der Waals surface area contributed by atoms with Gasteiger partial charge in [-0.2, -0.15) is 0 Å². The van der Waals surface area contributed by atoms with Crippen LogP contribution < -0.4 is 5.32 Å². The van der Waals surface area contributed by atoms with Gasteiger partial charge < -0.3 is 71.6 Å². The summed E-state index contributed by atoms with van der Waals surface area (Å²) in [4.78, 5) is 27.6. The van der Waals surface area contributed by atoms with Crippen molar-refractivity contribution < 1.29 is 75.9 Å². The summed E-state index contributed by atoms with van der Waals surface area (Å²) in [5, 5.41) is 2.60. The van der Waals surface area contributed by atoms with Crippen LogP contribution in [0.15, 0.2) is 278 Å². The van der Waals surface area contributed by atoms with Crippen molar-refractivity contribution in [3.63, 3.8) is 0 Å². The van der Waals surface area contributed by atoms with Gasteiger partial charge in [-0.25, -0.2) is 0 Å². The standard InChI is InChI=1S/C85H91NO16S/c1-60-74(100-73(88)49-48-72(87)86-2)77(92-53-64-36-18-6-19-37-64)80(94-55-66-40-22-8-23-41-66)83(97-60)102-79-75(91-52-63-34-16-5-17-35-63)70(58-89-50-61-30-12-3-13-31-61)98-84(81(79)95-56-67-42-24-9-25-43-67)101-76-71(59-90-51-62-32-14-4-15-33-62)99-85(103-69-46-28-11-29-47-69)82(96-57-68-44-26-10-27-45-68)78(76)93-54-65-38-20-7-21-39-65/h3-47,60,70-71,74-85H,48-59H2,1-2H3,(H,86,87)/t60?,70?,71?,74-,75+,76-,77-,78-,79+,80?,81?,82?,83+,84+,85-/m1/s1. The number of carbonyl (C=O) groups is 2. The molecule has 6 unspecified atom stereocenters. The molecule has 103 heavy (non-hydrogen) atoms. The van der Waals surface area contributed by atoms with E-state index in [4.69, 9.17) is 66.3 Å². The van der Waals surface area contributed by atoms with E-state index in [-0.39, 0.29) is 84.8 Å². The van der Waals surface area contributed by atoms with Crippen LogP contribution in [0.3, 0.4) is 0 Å². The first-order valence-corrected chi connectivity index (χ1v) is 36.2. The smallest absolute Gasteiger partial charge is 0.306 e. The Hall–Kier alpha value is -8.25. The molecule has 1 amide bonds. The molecule has 9 aromatic carbocycles. The number of benzene rings is 9. The molecule has 0 radical (unpaired) electrons. The largest absolute Gasteiger partial charge is 0.457 e. The van der Waals surface area contributed by atoms with Crippen molar-refractivity contribution in [3.05, 3.63) is 317 Å². The number of ether oxygens (including phenoxy) is 14. The van der Waals surface area contributed by atoms with Gasteiger partial charge in [-0.05, 0) is 63.6 Å². The molecule has 15 atom stereocenters. The molecule has 0 spiro atoms. The topological polar surface area (TPSA) is 175 Å². The van der Waals surface area contributed by atoms with Crippen molar-refractivity contribution in [2.45, 2.75) is 169 Å². The molecule has 12 rings (SSSR count). The highest BCUT2D eigenvalue weighted by Crippen LogP contribution is 2.42. The average Bonchev–Trinajstić information content (AvgIpc) is 0.765. The molecule has 0 aliphatic carbocycles. The SMILES string of the molecule is CNC(=O)CCC(=O)O[C@@H]1C(C)O[C@@H](O[C@@H]2C(OCc3ccccc3)[C@H](O[C@@H]3C(COCc4ccccc4)O[C@H](Sc4ccccc4)C(OCc4ccccc4)[C@@H]3OCc3ccccc3)OC(COCc3ccccc3)[C@@H]2OCc2ccccc2)C(OCc2ccccc2)[C@@H]1OCc1ccccc1. The van der Waals surface area contributed by atoms with Gasteiger partial charge >= 0.3 is 5.97 Å². The Kier molecular flexibility index (Phi) is 28.6. The second-order valence-electron chi connectivity index (χ2n) is 25.6. The van der Waals surface area contributed by atoms with Crippen molar-refractivity contribution in [2.75, 3.05) is 20.3 Å². The molecular formula is C85H91NO16S. The summed E-state index contributed by atoms with van der Waals surface area (Å²) in [6.45, 7) is 3.05. The van der Waals surface area contributed by atoms with Crippen LogP contribution in [0.25, 0.3) is 0 Å². The fourth-order valence-corrected chi connectivity index (χ4v) is 13.9. The second kappa shape index (κ2) is 39.6. The summed E-state index contributed by atoms with van der Waals surface area (Å²) in [6.07, 6.45) is -15.0. The lowest BCUT2D eigenvalue weighted by Crippen LogP contribution is -2.68. The minimum Gasteiger partial charge on any atom is -0.457 e. The number of amides is 1. The Labute approximate surface area is 608 Å². The minimum absolute atomic E-state index is 0.0243.